The van der Waals surface area contributed by atoms with Gasteiger partial charge in [-0.25, -0.2) is 4.99 Å². The van der Waals surface area contributed by atoms with Gasteiger partial charge in [0.25, 0.3) is 0 Å². The molecule has 0 saturated heterocycles. The van der Waals surface area contributed by atoms with E-state index in [1.165, 1.54) is 0 Å². The van der Waals surface area contributed by atoms with Gasteiger partial charge in [-0.1, -0.05) is 0 Å². The van der Waals surface area contributed by atoms with Gasteiger partial charge in [0.1, 0.15) is 0 Å². The summed E-state index contributed by atoms with van der Waals surface area (Å²) in [7, 11) is 3.84. The van der Waals surface area contributed by atoms with Crippen molar-refractivity contribution in [1.82, 2.24) is 15.1 Å². The minimum absolute atomic E-state index is 0.719. The first-order valence-corrected chi connectivity index (χ1v) is 3.41. The number of nitrogens with one attached hydrogen (secondary N) is 1. The number of aromatic nitrogens is 2. The summed E-state index contributed by atoms with van der Waals surface area (Å²) in [4.78, 5) is 5.95. The monoisotopic (exact) mass is 152 g/mol. The normalized spacial score (nSPS) is 10.8. The number of aryl methyl sites for hydroxylation is 1. The highest BCUT2D eigenvalue weighted by atomic mass is 15.2. The molecule has 4 heteroatoms. The molecule has 0 aliphatic carbocycles. The maximum atomic E-state index is 4.09. The highest BCUT2D eigenvalue weighted by molar-refractivity contribution is 5.58. The Kier molecular flexibility index (Phi) is 2.25. The molecule has 1 N–H and O–H groups in total. The molecule has 0 saturated carbocycles. The van der Waals surface area contributed by atoms with Crippen molar-refractivity contribution < 1.29 is 0 Å². The van der Waals surface area contributed by atoms with Gasteiger partial charge in [0.2, 0.25) is 0 Å². The second-order valence-corrected chi connectivity index (χ2v) is 2.62. The third kappa shape index (κ3) is 2.41. The Morgan fingerprint density at radius 1 is 1.64 bits per heavy atom. The number of rotatable bonds is 2. The summed E-state index contributed by atoms with van der Waals surface area (Å²) in [6.07, 6.45) is 1.72. The second-order valence-electron chi connectivity index (χ2n) is 2.62. The molecule has 1 rings (SSSR count). The summed E-state index contributed by atoms with van der Waals surface area (Å²) in [6.45, 7) is 1.95. The molecular weight excluding hydrogens is 140 g/mol. The highest BCUT2D eigenvalue weighted by Crippen LogP contribution is 2.06. The molecule has 0 aliphatic rings. The van der Waals surface area contributed by atoms with Crippen molar-refractivity contribution in [3.63, 3.8) is 0 Å². The lowest BCUT2D eigenvalue weighted by Gasteiger charge is -1.99. The Labute approximate surface area is 65.9 Å². The molecule has 0 unspecified atom stereocenters. The van der Waals surface area contributed by atoms with Crippen LogP contribution in [-0.4, -0.2) is 35.5 Å². The van der Waals surface area contributed by atoms with Crippen molar-refractivity contribution >= 4 is 12.2 Å². The van der Waals surface area contributed by atoms with E-state index in [-0.39, 0.29) is 0 Å². The summed E-state index contributed by atoms with van der Waals surface area (Å²) in [5.74, 6) is 0.719. The number of hydrogen-bond donors (Lipinski definition) is 1. The van der Waals surface area contributed by atoms with E-state index in [1.54, 1.807) is 6.34 Å². The van der Waals surface area contributed by atoms with Crippen LogP contribution in [0.3, 0.4) is 0 Å². The summed E-state index contributed by atoms with van der Waals surface area (Å²) in [6, 6.07) is 1.89. The van der Waals surface area contributed by atoms with E-state index < -0.39 is 0 Å². The van der Waals surface area contributed by atoms with Crippen LogP contribution in [0.4, 0.5) is 5.82 Å². The standard InChI is InChI=1S/C7H12N4/c1-6-4-7(10-9-6)8-5-11(2)3/h4-5H,1-3H3,(H,9,10). The van der Waals surface area contributed by atoms with Crippen molar-refractivity contribution in [1.29, 1.82) is 0 Å². The molecule has 1 heterocycles. The maximum absolute atomic E-state index is 4.09. The number of aromatic amines is 1. The topological polar surface area (TPSA) is 44.3 Å². The van der Waals surface area contributed by atoms with Crippen molar-refractivity contribution in [3.8, 4) is 0 Å². The number of aliphatic imine (C=N–C) groups is 1. The average Bonchev–Trinajstić information content (AvgIpc) is 2.31. The summed E-state index contributed by atoms with van der Waals surface area (Å²) < 4.78 is 0. The Morgan fingerprint density at radius 2 is 2.36 bits per heavy atom. The van der Waals surface area contributed by atoms with Crippen molar-refractivity contribution in [2.45, 2.75) is 6.92 Å². The van der Waals surface area contributed by atoms with E-state index >= 15 is 0 Å². The number of H-pyrrole nitrogens is 1. The molecule has 0 amide bonds. The van der Waals surface area contributed by atoms with Gasteiger partial charge in [-0.15, -0.1) is 0 Å². The molecule has 0 fully saturated rings. The molecule has 1 aromatic rings. The third-order valence-electron chi connectivity index (χ3n) is 1.11. The first kappa shape index (κ1) is 7.78. The van der Waals surface area contributed by atoms with Gasteiger partial charge in [-0.3, -0.25) is 5.10 Å². The SMILES string of the molecule is Cc1cc(N=CN(C)C)n[nH]1. The largest absolute Gasteiger partial charge is 0.369 e. The zero-order valence-electron chi connectivity index (χ0n) is 7.00. The average molecular weight is 152 g/mol. The van der Waals surface area contributed by atoms with Crippen LogP contribution < -0.4 is 0 Å². The fourth-order valence-electron chi connectivity index (χ4n) is 0.644. The molecule has 0 bridgehead atoms. The molecule has 0 aliphatic heterocycles. The smallest absolute Gasteiger partial charge is 0.175 e. The first-order chi connectivity index (χ1) is 5.18. The van der Waals surface area contributed by atoms with Gasteiger partial charge in [0, 0.05) is 25.9 Å². The quantitative estimate of drug-likeness (QED) is 0.506. The van der Waals surface area contributed by atoms with Gasteiger partial charge in [-0.2, -0.15) is 5.10 Å². The van der Waals surface area contributed by atoms with Crippen molar-refractivity contribution in [3.05, 3.63) is 11.8 Å². The van der Waals surface area contributed by atoms with Crippen LogP contribution in [0, 0.1) is 6.92 Å². The molecule has 0 atom stereocenters. The lowest BCUT2D eigenvalue weighted by Crippen LogP contribution is -2.06. The summed E-state index contributed by atoms with van der Waals surface area (Å²) in [5.41, 5.74) is 1.02. The molecule has 11 heavy (non-hydrogen) atoms. The first-order valence-electron chi connectivity index (χ1n) is 3.41. The Hall–Kier alpha value is -1.32. The van der Waals surface area contributed by atoms with Crippen LogP contribution in [0.15, 0.2) is 11.1 Å². The second kappa shape index (κ2) is 3.18. The molecule has 60 valence electrons. The molecule has 4 nitrogen and oxygen atoms in total. The Bertz CT molecular complexity index is 249. The van der Waals surface area contributed by atoms with E-state index in [4.69, 9.17) is 0 Å². The van der Waals surface area contributed by atoms with Gasteiger partial charge < -0.3 is 4.90 Å². The minimum atomic E-state index is 0.719. The number of nitrogens with zero attached hydrogens (tertiary/aromatic N) is 3. The van der Waals surface area contributed by atoms with Crippen molar-refractivity contribution in [2.24, 2.45) is 4.99 Å². The zero-order valence-corrected chi connectivity index (χ0v) is 7.00. The highest BCUT2D eigenvalue weighted by Gasteiger charge is 1.91. The predicted octanol–water partition coefficient (Wildman–Crippen LogP) is 0.940. The molecule has 0 spiro atoms. The van der Waals surface area contributed by atoms with Crippen LogP contribution in [0.25, 0.3) is 0 Å². The van der Waals surface area contributed by atoms with Gasteiger partial charge in [0.05, 0.1) is 6.34 Å². The summed E-state index contributed by atoms with van der Waals surface area (Å²) in [5, 5.41) is 6.75. The molecule has 1 aromatic heterocycles. The molecule has 0 radical (unpaired) electrons. The fraction of sp³-hybridized carbons (Fsp3) is 0.429. The van der Waals surface area contributed by atoms with Crippen LogP contribution >= 0.6 is 0 Å². The molecule has 0 aromatic carbocycles. The lowest BCUT2D eigenvalue weighted by atomic mass is 10.5. The third-order valence-corrected chi connectivity index (χ3v) is 1.11. The van der Waals surface area contributed by atoms with Crippen molar-refractivity contribution in [2.75, 3.05) is 14.1 Å². The van der Waals surface area contributed by atoms with Crippen LogP contribution in [0.2, 0.25) is 0 Å². The fourth-order valence-corrected chi connectivity index (χ4v) is 0.644. The predicted molar refractivity (Wildman–Crippen MR) is 45.2 cm³/mol. The van der Waals surface area contributed by atoms with Crippen LogP contribution in [0.5, 0.6) is 0 Å². The number of hydrogen-bond acceptors (Lipinski definition) is 2. The van der Waals surface area contributed by atoms with E-state index in [9.17, 15) is 0 Å². The zero-order chi connectivity index (χ0) is 8.27. The minimum Gasteiger partial charge on any atom is -0.369 e. The Balaban J connectivity index is 2.64. The van der Waals surface area contributed by atoms with Gasteiger partial charge in [0.15, 0.2) is 5.82 Å². The van der Waals surface area contributed by atoms with Gasteiger partial charge >= 0.3 is 0 Å². The van der Waals surface area contributed by atoms with Crippen LogP contribution in [-0.2, 0) is 0 Å². The van der Waals surface area contributed by atoms with E-state index in [1.807, 2.05) is 32.0 Å². The lowest BCUT2D eigenvalue weighted by molar-refractivity contribution is 0.643. The van der Waals surface area contributed by atoms with E-state index in [2.05, 4.69) is 15.2 Å². The van der Waals surface area contributed by atoms with E-state index in [0.29, 0.717) is 0 Å². The Morgan fingerprint density at radius 3 is 2.82 bits per heavy atom. The maximum Gasteiger partial charge on any atom is 0.175 e. The molecular formula is C7H12N4. The summed E-state index contributed by atoms with van der Waals surface area (Å²) >= 11 is 0. The van der Waals surface area contributed by atoms with Crippen LogP contribution in [0.1, 0.15) is 5.69 Å². The van der Waals surface area contributed by atoms with Gasteiger partial charge in [-0.05, 0) is 6.92 Å². The van der Waals surface area contributed by atoms with E-state index in [0.717, 1.165) is 11.5 Å².